The van der Waals surface area contributed by atoms with Crippen LogP contribution in [0.15, 0.2) is 27.0 Å². The highest BCUT2D eigenvalue weighted by molar-refractivity contribution is 5.62. The molecule has 4 nitrogen and oxygen atoms in total. The van der Waals surface area contributed by atoms with Gasteiger partial charge >= 0.3 is 0 Å². The maximum atomic E-state index is 6.12. The van der Waals surface area contributed by atoms with Crippen LogP contribution in [0.3, 0.4) is 0 Å². The summed E-state index contributed by atoms with van der Waals surface area (Å²) in [7, 11) is 0. The standard InChI is InChI=1S/C21H22N2O2/c1-5-21-7-6-16-19(2,3)18-14(12-23-25-18)9-20(16,4)17(21)8-15-13(10-21)11-22-24-15/h1,8,11-12,16H,6-7,9-10H2,2-4H3/t16-,20-,21-/m0/s1. The molecule has 0 aliphatic heterocycles. The van der Waals surface area contributed by atoms with E-state index in [0.717, 1.165) is 42.8 Å². The van der Waals surface area contributed by atoms with Gasteiger partial charge in [0.1, 0.15) is 5.76 Å². The van der Waals surface area contributed by atoms with Gasteiger partial charge in [-0.3, -0.25) is 0 Å². The second-order valence-electron chi connectivity index (χ2n) is 8.76. The summed E-state index contributed by atoms with van der Waals surface area (Å²) in [4.78, 5) is 0. The minimum absolute atomic E-state index is 0.0306. The fraction of sp³-hybridized carbons (Fsp3) is 0.524. The average molecular weight is 334 g/mol. The number of hydrogen-bond donors (Lipinski definition) is 0. The zero-order valence-electron chi connectivity index (χ0n) is 14.9. The Hall–Kier alpha value is -2.28. The number of fused-ring (bicyclic) bond motifs is 5. The monoisotopic (exact) mass is 334 g/mol. The summed E-state index contributed by atoms with van der Waals surface area (Å²) in [6.07, 6.45) is 15.8. The summed E-state index contributed by atoms with van der Waals surface area (Å²) < 4.78 is 11.2. The van der Waals surface area contributed by atoms with Gasteiger partial charge in [0.2, 0.25) is 0 Å². The normalized spacial score (nSPS) is 34.8. The topological polar surface area (TPSA) is 52.1 Å². The first-order valence-corrected chi connectivity index (χ1v) is 8.99. The van der Waals surface area contributed by atoms with Crippen molar-refractivity contribution < 1.29 is 9.05 Å². The Labute approximate surface area is 147 Å². The van der Waals surface area contributed by atoms with Gasteiger partial charge in [0.05, 0.1) is 17.8 Å². The molecule has 0 spiro atoms. The van der Waals surface area contributed by atoms with Crippen LogP contribution < -0.4 is 0 Å². The highest BCUT2D eigenvalue weighted by Gasteiger charge is 2.60. The molecule has 128 valence electrons. The van der Waals surface area contributed by atoms with Crippen LogP contribution >= 0.6 is 0 Å². The summed E-state index contributed by atoms with van der Waals surface area (Å²) in [5.74, 6) is 5.55. The number of hydrogen-bond acceptors (Lipinski definition) is 4. The fourth-order valence-electron chi connectivity index (χ4n) is 6.09. The van der Waals surface area contributed by atoms with Crippen molar-refractivity contribution in [2.24, 2.45) is 16.7 Å². The van der Waals surface area contributed by atoms with Crippen molar-refractivity contribution in [3.05, 3.63) is 40.6 Å². The van der Waals surface area contributed by atoms with Gasteiger partial charge in [-0.15, -0.1) is 6.42 Å². The number of allylic oxidation sites excluding steroid dienone is 1. The van der Waals surface area contributed by atoms with Crippen molar-refractivity contribution in [1.82, 2.24) is 10.3 Å². The Morgan fingerprint density at radius 3 is 2.68 bits per heavy atom. The third-order valence-corrected chi connectivity index (χ3v) is 7.14. The van der Waals surface area contributed by atoms with Crippen molar-refractivity contribution in [3.63, 3.8) is 0 Å². The summed E-state index contributed by atoms with van der Waals surface area (Å²) in [6, 6.07) is 0. The van der Waals surface area contributed by atoms with E-state index in [9.17, 15) is 0 Å². The minimum Gasteiger partial charge on any atom is -0.361 e. The van der Waals surface area contributed by atoms with Crippen LogP contribution in [0.25, 0.3) is 6.08 Å². The van der Waals surface area contributed by atoms with Gasteiger partial charge in [-0.2, -0.15) is 0 Å². The molecule has 1 saturated carbocycles. The van der Waals surface area contributed by atoms with Crippen molar-refractivity contribution in [2.45, 2.75) is 51.9 Å². The summed E-state index contributed by atoms with van der Waals surface area (Å²) in [6.45, 7) is 6.93. The number of rotatable bonds is 0. The molecule has 5 rings (SSSR count). The second-order valence-corrected chi connectivity index (χ2v) is 8.76. The first kappa shape index (κ1) is 15.0. The molecular weight excluding hydrogens is 312 g/mol. The molecule has 0 unspecified atom stereocenters. The van der Waals surface area contributed by atoms with E-state index in [0.29, 0.717) is 5.92 Å². The highest BCUT2D eigenvalue weighted by Crippen LogP contribution is 2.65. The molecule has 0 N–H and O–H groups in total. The van der Waals surface area contributed by atoms with Crippen LogP contribution in [-0.2, 0) is 18.3 Å². The Morgan fingerprint density at radius 1 is 1.12 bits per heavy atom. The van der Waals surface area contributed by atoms with Gasteiger partial charge in [0, 0.05) is 16.5 Å². The molecule has 2 heterocycles. The fourth-order valence-corrected chi connectivity index (χ4v) is 6.09. The van der Waals surface area contributed by atoms with Crippen LogP contribution in [0.1, 0.15) is 56.3 Å². The van der Waals surface area contributed by atoms with Gasteiger partial charge in [-0.05, 0) is 48.7 Å². The molecule has 4 heteroatoms. The van der Waals surface area contributed by atoms with Crippen molar-refractivity contribution >= 4 is 6.08 Å². The van der Waals surface area contributed by atoms with Crippen LogP contribution in [0.5, 0.6) is 0 Å². The lowest BCUT2D eigenvalue weighted by molar-refractivity contribution is 0.0401. The van der Waals surface area contributed by atoms with Gasteiger partial charge in [-0.25, -0.2) is 0 Å². The van der Waals surface area contributed by atoms with E-state index in [1.54, 1.807) is 0 Å². The predicted octanol–water partition coefficient (Wildman–Crippen LogP) is 4.17. The average Bonchev–Trinajstić information content (AvgIpc) is 3.21. The lowest BCUT2D eigenvalue weighted by Crippen LogP contribution is -2.54. The van der Waals surface area contributed by atoms with E-state index in [-0.39, 0.29) is 16.2 Å². The number of nitrogens with zero attached hydrogens (tertiary/aromatic N) is 2. The van der Waals surface area contributed by atoms with Crippen LogP contribution in [-0.4, -0.2) is 10.3 Å². The molecule has 25 heavy (non-hydrogen) atoms. The Morgan fingerprint density at radius 2 is 1.88 bits per heavy atom. The van der Waals surface area contributed by atoms with E-state index in [2.05, 4.69) is 43.1 Å². The molecule has 0 aromatic carbocycles. The van der Waals surface area contributed by atoms with Crippen LogP contribution in [0.2, 0.25) is 0 Å². The molecule has 3 atom stereocenters. The largest absolute Gasteiger partial charge is 0.361 e. The maximum Gasteiger partial charge on any atom is 0.162 e. The Kier molecular flexibility index (Phi) is 2.68. The first-order valence-electron chi connectivity index (χ1n) is 8.99. The Bertz CT molecular complexity index is 941. The molecule has 0 radical (unpaired) electrons. The molecule has 0 amide bonds. The third kappa shape index (κ3) is 1.69. The highest BCUT2D eigenvalue weighted by atomic mass is 16.5. The molecule has 3 aliphatic carbocycles. The quantitative estimate of drug-likeness (QED) is 0.679. The zero-order chi connectivity index (χ0) is 17.4. The van der Waals surface area contributed by atoms with Crippen LogP contribution in [0, 0.1) is 29.1 Å². The molecule has 2 aromatic rings. The minimum atomic E-state index is -0.228. The van der Waals surface area contributed by atoms with E-state index < -0.39 is 0 Å². The number of terminal acetylenes is 1. The van der Waals surface area contributed by atoms with E-state index in [1.165, 1.54) is 11.1 Å². The molecule has 1 fully saturated rings. The first-order chi connectivity index (χ1) is 11.9. The van der Waals surface area contributed by atoms with Crippen molar-refractivity contribution in [2.75, 3.05) is 0 Å². The van der Waals surface area contributed by atoms with E-state index in [1.807, 2.05) is 12.4 Å². The van der Waals surface area contributed by atoms with Gasteiger partial charge in [0.15, 0.2) is 5.76 Å². The van der Waals surface area contributed by atoms with Gasteiger partial charge in [-0.1, -0.05) is 37.0 Å². The zero-order valence-corrected chi connectivity index (χ0v) is 14.9. The lowest BCUT2D eigenvalue weighted by atomic mass is 9.44. The second kappa shape index (κ2) is 4.46. The Balaban J connectivity index is 1.75. The summed E-state index contributed by atoms with van der Waals surface area (Å²) in [5, 5.41) is 8.09. The SMILES string of the molecule is C#C[C@@]12CC[C@H]3C(C)(C)c4oncc4C[C@]3(C)C1=Cc1oncc1C2. The molecular formula is C21H22N2O2. The van der Waals surface area contributed by atoms with E-state index in [4.69, 9.17) is 15.5 Å². The van der Waals surface area contributed by atoms with Crippen molar-refractivity contribution in [1.29, 1.82) is 0 Å². The van der Waals surface area contributed by atoms with Gasteiger partial charge < -0.3 is 9.05 Å². The van der Waals surface area contributed by atoms with Crippen molar-refractivity contribution in [3.8, 4) is 12.3 Å². The number of aromatic nitrogens is 2. The molecule has 3 aliphatic rings. The van der Waals surface area contributed by atoms with E-state index >= 15 is 0 Å². The van der Waals surface area contributed by atoms with Crippen LogP contribution in [0.4, 0.5) is 0 Å². The molecule has 0 saturated heterocycles. The molecule has 2 aromatic heterocycles. The van der Waals surface area contributed by atoms with Gasteiger partial charge in [0.25, 0.3) is 0 Å². The summed E-state index contributed by atoms with van der Waals surface area (Å²) in [5.41, 5.74) is 3.35. The lowest BCUT2D eigenvalue weighted by Gasteiger charge is -2.58. The maximum absolute atomic E-state index is 6.12. The predicted molar refractivity (Wildman–Crippen MR) is 93.5 cm³/mol. The third-order valence-electron chi connectivity index (χ3n) is 7.14. The molecule has 0 bridgehead atoms. The smallest absolute Gasteiger partial charge is 0.162 e. The summed E-state index contributed by atoms with van der Waals surface area (Å²) >= 11 is 0.